The maximum atomic E-state index is 13.2. The van der Waals surface area contributed by atoms with Crippen LogP contribution >= 0.6 is 0 Å². The molecule has 2 aliphatic rings. The van der Waals surface area contributed by atoms with Crippen LogP contribution in [0.1, 0.15) is 36.5 Å². The number of hydrogen-bond acceptors (Lipinski definition) is 2. The molecule has 2 nitrogen and oxygen atoms in total. The lowest BCUT2D eigenvalue weighted by Crippen LogP contribution is -2.54. The molecule has 3 aromatic rings. The molecule has 29 heavy (non-hydrogen) atoms. The van der Waals surface area contributed by atoms with Gasteiger partial charge in [0.25, 0.3) is 0 Å². The van der Waals surface area contributed by atoms with Gasteiger partial charge in [-0.15, -0.1) is 0 Å². The molecule has 2 fully saturated rings. The minimum Gasteiger partial charge on any atom is -0.469 e. The van der Waals surface area contributed by atoms with Gasteiger partial charge in [0, 0.05) is 16.7 Å². The number of hydrogen-bond donors (Lipinski definition) is 0. The van der Waals surface area contributed by atoms with E-state index >= 15 is 0 Å². The molecule has 146 valence electrons. The number of ether oxygens (including phenoxy) is 1. The molecule has 2 aliphatic carbocycles. The van der Waals surface area contributed by atoms with Crippen molar-refractivity contribution in [3.8, 4) is 0 Å². The van der Waals surface area contributed by atoms with E-state index in [9.17, 15) is 4.79 Å². The summed E-state index contributed by atoms with van der Waals surface area (Å²) in [5.41, 5.74) is 3.23. The number of rotatable bonds is 4. The van der Waals surface area contributed by atoms with Crippen LogP contribution in [0.5, 0.6) is 0 Å². The third-order valence-corrected chi connectivity index (χ3v) is 7.87. The largest absolute Gasteiger partial charge is 0.469 e. The van der Waals surface area contributed by atoms with Crippen molar-refractivity contribution in [1.29, 1.82) is 0 Å². The normalized spacial score (nSPS) is 31.3. The van der Waals surface area contributed by atoms with Gasteiger partial charge >= 0.3 is 5.97 Å². The molecule has 3 aromatic carbocycles. The minimum atomic E-state index is -0.282. The van der Waals surface area contributed by atoms with Gasteiger partial charge in [-0.25, -0.2) is 0 Å². The number of benzene rings is 3. The average Bonchev–Trinajstić information content (AvgIpc) is 3.13. The maximum absolute atomic E-state index is 13.2. The van der Waals surface area contributed by atoms with Crippen LogP contribution < -0.4 is 0 Å². The van der Waals surface area contributed by atoms with Gasteiger partial charge < -0.3 is 4.74 Å². The molecule has 2 heteroatoms. The van der Waals surface area contributed by atoms with Crippen LogP contribution in [-0.2, 0) is 20.4 Å². The van der Waals surface area contributed by atoms with Crippen LogP contribution in [0.25, 0.3) is 0 Å². The van der Waals surface area contributed by atoms with Gasteiger partial charge in [-0.05, 0) is 22.1 Å². The third-order valence-electron chi connectivity index (χ3n) is 7.87. The summed E-state index contributed by atoms with van der Waals surface area (Å²) in [6.45, 7) is 4.65. The number of carbonyl (C=O) groups is 1. The van der Waals surface area contributed by atoms with E-state index in [4.69, 9.17) is 4.74 Å². The predicted molar refractivity (Wildman–Crippen MR) is 115 cm³/mol. The highest BCUT2D eigenvalue weighted by Gasteiger charge is 2.97. The highest BCUT2D eigenvalue weighted by molar-refractivity contribution is 5.86. The Hall–Kier alpha value is -2.87. The van der Waals surface area contributed by atoms with E-state index in [0.717, 1.165) is 0 Å². The average molecular weight is 383 g/mol. The van der Waals surface area contributed by atoms with Gasteiger partial charge in [0.15, 0.2) is 0 Å². The van der Waals surface area contributed by atoms with Crippen LogP contribution in [0.4, 0.5) is 0 Å². The Morgan fingerprint density at radius 3 is 1.66 bits per heavy atom. The van der Waals surface area contributed by atoms with Gasteiger partial charge in [-0.1, -0.05) is 105 Å². The SMILES string of the molecule is COC(=O)C1C(c2ccccc2)C2(c3ccccc3)C(C)(C)C12c1ccccc1. The second kappa shape index (κ2) is 6.06. The molecule has 0 aromatic heterocycles. The van der Waals surface area contributed by atoms with Crippen LogP contribution in [0.2, 0.25) is 0 Å². The zero-order chi connectivity index (χ0) is 20.3. The van der Waals surface area contributed by atoms with E-state index in [1.54, 1.807) is 0 Å². The fourth-order valence-corrected chi connectivity index (χ4v) is 7.10. The molecule has 0 radical (unpaired) electrons. The quantitative estimate of drug-likeness (QED) is 0.558. The molecular formula is C27H26O2. The first kappa shape index (κ1) is 18.2. The highest BCUT2D eigenvalue weighted by atomic mass is 16.5. The Balaban J connectivity index is 1.82. The molecule has 4 unspecified atom stereocenters. The Morgan fingerprint density at radius 1 is 0.724 bits per heavy atom. The lowest BCUT2D eigenvalue weighted by Gasteiger charge is -2.50. The lowest BCUT2D eigenvalue weighted by molar-refractivity contribution is -0.152. The van der Waals surface area contributed by atoms with Gasteiger partial charge in [0.1, 0.15) is 0 Å². The summed E-state index contributed by atoms with van der Waals surface area (Å²) in [5, 5.41) is 0. The summed E-state index contributed by atoms with van der Waals surface area (Å²) in [5.74, 6) is -0.249. The van der Waals surface area contributed by atoms with Gasteiger partial charge in [-0.2, -0.15) is 0 Å². The Labute approximate surface area is 172 Å². The van der Waals surface area contributed by atoms with Crippen LogP contribution in [-0.4, -0.2) is 13.1 Å². The van der Waals surface area contributed by atoms with Gasteiger partial charge in [0.2, 0.25) is 0 Å². The first-order valence-electron chi connectivity index (χ1n) is 10.3. The van der Waals surface area contributed by atoms with Gasteiger partial charge in [-0.3, -0.25) is 4.79 Å². The van der Waals surface area contributed by atoms with Crippen LogP contribution in [0.15, 0.2) is 91.0 Å². The second-order valence-corrected chi connectivity index (χ2v) is 8.86. The molecule has 5 rings (SSSR count). The first-order chi connectivity index (χ1) is 14.0. The summed E-state index contributed by atoms with van der Waals surface area (Å²) >= 11 is 0. The second-order valence-electron chi connectivity index (χ2n) is 8.86. The summed E-state index contributed by atoms with van der Waals surface area (Å²) in [6.07, 6.45) is 0. The minimum absolute atomic E-state index is 0.0776. The molecular weight excluding hydrogens is 356 g/mol. The molecule has 4 atom stereocenters. The molecule has 0 N–H and O–H groups in total. The van der Waals surface area contributed by atoms with E-state index in [0.29, 0.717) is 0 Å². The number of carbonyl (C=O) groups excluding carboxylic acids is 1. The van der Waals surface area contributed by atoms with Crippen molar-refractivity contribution in [3.63, 3.8) is 0 Å². The van der Waals surface area contributed by atoms with Crippen molar-refractivity contribution < 1.29 is 9.53 Å². The maximum Gasteiger partial charge on any atom is 0.310 e. The molecule has 0 heterocycles. The van der Waals surface area contributed by atoms with Gasteiger partial charge in [0.05, 0.1) is 13.0 Å². The Kier molecular flexibility index (Phi) is 3.80. The summed E-state index contributed by atoms with van der Waals surface area (Å²) < 4.78 is 5.38. The van der Waals surface area contributed by atoms with Crippen molar-refractivity contribution >= 4 is 5.97 Å². The third kappa shape index (κ3) is 1.90. The van der Waals surface area contributed by atoms with Crippen molar-refractivity contribution in [2.24, 2.45) is 11.3 Å². The van der Waals surface area contributed by atoms with E-state index in [1.807, 2.05) is 12.1 Å². The smallest absolute Gasteiger partial charge is 0.310 e. The van der Waals surface area contributed by atoms with Crippen molar-refractivity contribution in [2.75, 3.05) is 7.11 Å². The topological polar surface area (TPSA) is 26.3 Å². The van der Waals surface area contributed by atoms with E-state index in [1.165, 1.54) is 23.8 Å². The van der Waals surface area contributed by atoms with Crippen LogP contribution in [0, 0.1) is 11.3 Å². The summed E-state index contributed by atoms with van der Waals surface area (Å²) in [6, 6.07) is 31.8. The molecule has 2 saturated carbocycles. The van der Waals surface area contributed by atoms with E-state index in [2.05, 4.69) is 92.7 Å². The molecule has 0 spiro atoms. The predicted octanol–water partition coefficient (Wildman–Crippen LogP) is 5.49. The zero-order valence-electron chi connectivity index (χ0n) is 17.1. The molecule has 0 saturated heterocycles. The fourth-order valence-electron chi connectivity index (χ4n) is 7.10. The highest BCUT2D eigenvalue weighted by Crippen LogP contribution is 2.94. The standard InChI is InChI=1S/C27H26O2/c1-25(2)26(20-15-9-5-10-16-20)22(19-13-7-4-8-14-19)23(24(28)29-3)27(25,26)21-17-11-6-12-18-21/h4-18,22-23H,1-3H3. The van der Waals surface area contributed by atoms with E-state index < -0.39 is 0 Å². The van der Waals surface area contributed by atoms with Crippen molar-refractivity contribution in [1.82, 2.24) is 0 Å². The monoisotopic (exact) mass is 382 g/mol. The Morgan fingerprint density at radius 2 is 1.17 bits per heavy atom. The number of fused-ring (bicyclic) bond motifs is 1. The van der Waals surface area contributed by atoms with E-state index in [-0.39, 0.29) is 34.1 Å². The lowest BCUT2D eigenvalue weighted by atomic mass is 9.51. The number of esters is 1. The Bertz CT molecular complexity index is 1040. The van der Waals surface area contributed by atoms with Crippen molar-refractivity contribution in [2.45, 2.75) is 30.6 Å². The van der Waals surface area contributed by atoms with Crippen LogP contribution in [0.3, 0.4) is 0 Å². The summed E-state index contributed by atoms with van der Waals surface area (Å²) in [7, 11) is 1.51. The molecule has 0 aliphatic heterocycles. The first-order valence-corrected chi connectivity index (χ1v) is 10.3. The summed E-state index contributed by atoms with van der Waals surface area (Å²) in [4.78, 5) is 13.2. The number of methoxy groups -OCH3 is 1. The van der Waals surface area contributed by atoms with Crippen molar-refractivity contribution in [3.05, 3.63) is 108 Å². The molecule has 0 bridgehead atoms. The zero-order valence-corrected chi connectivity index (χ0v) is 17.1. The molecule has 0 amide bonds. The fraction of sp³-hybridized carbons (Fsp3) is 0.296.